The number of carbonyl (C=O) groups excluding carboxylic acids is 2. The lowest BCUT2D eigenvalue weighted by molar-refractivity contribution is -0.121. The number of aromatic amines is 2. The standard InChI is InChI=1S/C66H64N10O2/c1-7-43-39(3)55-35-56-41(5)45(27-29-63(77)67-31-17-33-69-65-47-19-9-13-23-51(47)71-52-24-14-10-20-48(52)65)61(75-56)38-62-46(42(6)58(76-62)37-60-44(8-2)40(4)57(74-60)36-59(43)73-55)28-30-64(78)68-32-18-34-70-66-49-21-11-15-25-53(49)72-54-26-16-12-22-50(54)66/h7-16,19-26,35-38,73-74H,1-2,17-18,27-34H2,3-6H3,(H,67,77)(H,68,78)(H,69,71)(H,70,72). The minimum absolute atomic E-state index is 0.0271. The van der Waals surface area contributed by atoms with E-state index in [9.17, 15) is 9.59 Å². The van der Waals surface area contributed by atoms with E-state index in [1.54, 1.807) is 0 Å². The van der Waals surface area contributed by atoms with Crippen molar-refractivity contribution in [3.63, 3.8) is 0 Å². The number of aromatic nitrogens is 6. The molecule has 8 bridgehead atoms. The molecule has 78 heavy (non-hydrogen) atoms. The summed E-state index contributed by atoms with van der Waals surface area (Å²) < 4.78 is 0. The van der Waals surface area contributed by atoms with Gasteiger partial charge in [0.05, 0.1) is 56.2 Å². The summed E-state index contributed by atoms with van der Waals surface area (Å²) >= 11 is 0. The number of nitrogens with one attached hydrogen (secondary N) is 6. The van der Waals surface area contributed by atoms with Crippen LogP contribution in [0.2, 0.25) is 0 Å². The average Bonchev–Trinajstić information content (AvgIpc) is 4.18. The van der Waals surface area contributed by atoms with Crippen molar-refractivity contribution in [3.05, 3.63) is 180 Å². The largest absolute Gasteiger partial charge is 0.384 e. The van der Waals surface area contributed by atoms with Gasteiger partial charge in [0.1, 0.15) is 0 Å². The van der Waals surface area contributed by atoms with E-state index in [2.05, 4.69) is 115 Å². The van der Waals surface area contributed by atoms with Crippen molar-refractivity contribution >= 4 is 123 Å². The SMILES string of the molecule is C=Cc1c(C)c2cc3[nH]c(cc4nc(cc5nc(cc1[nH]2)C(C)=C5CCC(=O)NCCCNc1c2ccccc2nc2ccccc12)C(CCC(=O)NCCCNc1c2ccccc2nc2ccccc12)=C4C)c(C)c3C=C. The Hall–Kier alpha value is -9.16. The average molecular weight is 1030 g/mol. The Morgan fingerprint density at radius 3 is 1.24 bits per heavy atom. The number of amides is 2. The maximum absolute atomic E-state index is 13.7. The molecule has 0 saturated carbocycles. The number of anilines is 2. The van der Waals surface area contributed by atoms with Gasteiger partial charge in [0.15, 0.2) is 0 Å². The topological polar surface area (TPSA) is 165 Å². The molecule has 0 saturated heterocycles. The highest BCUT2D eigenvalue weighted by Gasteiger charge is 2.23. The molecule has 12 nitrogen and oxygen atoms in total. The second-order valence-electron chi connectivity index (χ2n) is 20.2. The van der Waals surface area contributed by atoms with Crippen LogP contribution in [0, 0.1) is 13.8 Å². The van der Waals surface area contributed by atoms with E-state index in [1.165, 1.54) is 0 Å². The smallest absolute Gasteiger partial charge is 0.220 e. The molecule has 2 amide bonds. The number of benzene rings is 4. The van der Waals surface area contributed by atoms with Gasteiger partial charge in [-0.15, -0.1) is 0 Å². The second kappa shape index (κ2) is 22.2. The summed E-state index contributed by atoms with van der Waals surface area (Å²) in [4.78, 5) is 55.1. The van der Waals surface area contributed by atoms with Crippen LogP contribution in [0.25, 0.3) is 100 Å². The molecule has 11 rings (SSSR count). The molecule has 6 N–H and O–H groups in total. The third-order valence-corrected chi connectivity index (χ3v) is 15.4. The lowest BCUT2D eigenvalue weighted by atomic mass is 9.98. The number of para-hydroxylation sites is 4. The number of nitrogens with zero attached hydrogens (tertiary/aromatic N) is 4. The molecule has 4 aromatic carbocycles. The number of rotatable bonds is 18. The maximum Gasteiger partial charge on any atom is 0.220 e. The number of carbonyl (C=O) groups is 2. The van der Waals surface area contributed by atoms with Crippen molar-refractivity contribution in [2.45, 2.75) is 66.2 Å². The molecule has 0 radical (unpaired) electrons. The first-order chi connectivity index (χ1) is 38.1. The molecule has 0 fully saturated rings. The van der Waals surface area contributed by atoms with Crippen LogP contribution in [0.1, 0.15) is 97.4 Å². The zero-order chi connectivity index (χ0) is 53.9. The summed E-state index contributed by atoms with van der Waals surface area (Å²) in [6, 6.07) is 41.1. The lowest BCUT2D eigenvalue weighted by Gasteiger charge is -2.13. The van der Waals surface area contributed by atoms with E-state index in [0.717, 1.165) is 157 Å². The number of allylic oxidation sites excluding steroid dienone is 4. The summed E-state index contributed by atoms with van der Waals surface area (Å²) in [7, 11) is 0. The van der Waals surface area contributed by atoms with Gasteiger partial charge in [-0.1, -0.05) is 98.1 Å². The molecule has 390 valence electrons. The van der Waals surface area contributed by atoms with Gasteiger partial charge >= 0.3 is 0 Å². The van der Waals surface area contributed by atoms with Crippen LogP contribution in [0.15, 0.2) is 134 Å². The molecule has 2 aliphatic heterocycles. The van der Waals surface area contributed by atoms with Gasteiger partial charge in [0, 0.05) is 93.8 Å². The first-order valence-corrected chi connectivity index (χ1v) is 27.0. The summed E-state index contributed by atoms with van der Waals surface area (Å²) in [6.45, 7) is 19.2. The van der Waals surface area contributed by atoms with Crippen LogP contribution >= 0.6 is 0 Å². The van der Waals surface area contributed by atoms with Crippen LogP contribution < -0.4 is 21.3 Å². The van der Waals surface area contributed by atoms with Crippen LogP contribution in [0.3, 0.4) is 0 Å². The van der Waals surface area contributed by atoms with Crippen molar-refractivity contribution in [2.75, 3.05) is 36.8 Å². The molecular weight excluding hydrogens is 965 g/mol. The van der Waals surface area contributed by atoms with Gasteiger partial charge in [-0.2, -0.15) is 0 Å². The number of aryl methyl sites for hydroxylation is 2. The number of pyridine rings is 2. The fourth-order valence-electron chi connectivity index (χ4n) is 11.1. The summed E-state index contributed by atoms with van der Waals surface area (Å²) in [5.74, 6) is -0.0550. The second-order valence-corrected chi connectivity index (χ2v) is 20.2. The quantitative estimate of drug-likeness (QED) is 0.0365. The first-order valence-electron chi connectivity index (χ1n) is 27.0. The van der Waals surface area contributed by atoms with Gasteiger partial charge in [-0.05, 0) is 135 Å². The first kappa shape index (κ1) is 51.0. The van der Waals surface area contributed by atoms with Crippen LogP contribution in [-0.4, -0.2) is 67.9 Å². The normalized spacial score (nSPS) is 12.5. The molecule has 0 atom stereocenters. The van der Waals surface area contributed by atoms with E-state index < -0.39 is 0 Å². The van der Waals surface area contributed by atoms with Crippen molar-refractivity contribution in [1.29, 1.82) is 0 Å². The van der Waals surface area contributed by atoms with E-state index in [0.29, 0.717) is 39.0 Å². The van der Waals surface area contributed by atoms with Gasteiger partial charge < -0.3 is 31.2 Å². The minimum Gasteiger partial charge on any atom is -0.384 e. The van der Waals surface area contributed by atoms with Gasteiger partial charge in [0.25, 0.3) is 0 Å². The predicted molar refractivity (Wildman–Crippen MR) is 325 cm³/mol. The Kier molecular flexibility index (Phi) is 14.5. The molecule has 0 spiro atoms. The highest BCUT2D eigenvalue weighted by Crippen LogP contribution is 2.39. The van der Waals surface area contributed by atoms with E-state index >= 15 is 0 Å². The fraction of sp³-hybridized carbons (Fsp3) is 0.212. The van der Waals surface area contributed by atoms with Gasteiger partial charge in [-0.25, -0.2) is 19.9 Å². The van der Waals surface area contributed by atoms with E-state index in [1.807, 2.05) is 91.0 Å². The van der Waals surface area contributed by atoms with Crippen LogP contribution in [0.4, 0.5) is 11.4 Å². The van der Waals surface area contributed by atoms with E-state index in [4.69, 9.17) is 19.9 Å². The summed E-state index contributed by atoms with van der Waals surface area (Å²) in [6.07, 6.45) is 6.77. The Balaban J connectivity index is 0.835. The van der Waals surface area contributed by atoms with Crippen molar-refractivity contribution in [3.8, 4) is 0 Å². The Bertz CT molecular complexity index is 4030. The zero-order valence-corrected chi connectivity index (χ0v) is 44.8. The number of H-pyrrole nitrogens is 2. The monoisotopic (exact) mass is 1030 g/mol. The van der Waals surface area contributed by atoms with E-state index in [-0.39, 0.29) is 24.7 Å². The van der Waals surface area contributed by atoms with Crippen molar-refractivity contribution < 1.29 is 9.59 Å². The Morgan fingerprint density at radius 2 is 0.833 bits per heavy atom. The molecule has 7 heterocycles. The number of hydrogen-bond donors (Lipinski definition) is 6. The lowest BCUT2D eigenvalue weighted by Crippen LogP contribution is -2.25. The minimum atomic E-state index is -0.0280. The molecule has 0 unspecified atom stereocenters. The molecule has 9 aromatic rings. The summed E-state index contributed by atoms with van der Waals surface area (Å²) in [5, 5.41) is 18.0. The molecule has 2 aliphatic rings. The van der Waals surface area contributed by atoms with Gasteiger partial charge in [-0.3, -0.25) is 9.59 Å². The van der Waals surface area contributed by atoms with Crippen molar-refractivity contribution in [2.24, 2.45) is 0 Å². The molecular formula is C66H64N10O2. The molecule has 12 heteroatoms. The highest BCUT2D eigenvalue weighted by molar-refractivity contribution is 6.08. The molecule has 0 aliphatic carbocycles. The Morgan fingerprint density at radius 1 is 0.462 bits per heavy atom. The third kappa shape index (κ3) is 10.2. The Labute approximate surface area is 454 Å². The fourth-order valence-corrected chi connectivity index (χ4v) is 11.1. The van der Waals surface area contributed by atoms with Crippen molar-refractivity contribution in [1.82, 2.24) is 40.5 Å². The molecule has 5 aromatic heterocycles. The zero-order valence-electron chi connectivity index (χ0n) is 44.8. The maximum atomic E-state index is 13.7. The third-order valence-electron chi connectivity index (χ3n) is 15.4. The van der Waals surface area contributed by atoms with Crippen LogP contribution in [-0.2, 0) is 9.59 Å². The summed E-state index contributed by atoms with van der Waals surface area (Å²) in [5.41, 5.74) is 20.7. The number of fused-ring (bicyclic) bond motifs is 12. The highest BCUT2D eigenvalue weighted by atomic mass is 16.2. The number of hydrogen-bond acceptors (Lipinski definition) is 8. The van der Waals surface area contributed by atoms with Gasteiger partial charge in [0.2, 0.25) is 11.8 Å². The van der Waals surface area contributed by atoms with Crippen LogP contribution in [0.5, 0.6) is 0 Å². The predicted octanol–water partition coefficient (Wildman–Crippen LogP) is 14.3.